The van der Waals surface area contributed by atoms with Crippen molar-refractivity contribution >= 4 is 11.8 Å². The van der Waals surface area contributed by atoms with Crippen LogP contribution in [0.4, 0.5) is 0 Å². The Morgan fingerprint density at radius 1 is 1.15 bits per heavy atom. The summed E-state index contributed by atoms with van der Waals surface area (Å²) < 4.78 is 11.0. The monoisotopic (exact) mass is 296 g/mol. The van der Waals surface area contributed by atoms with Crippen LogP contribution in [0.3, 0.4) is 0 Å². The van der Waals surface area contributed by atoms with Crippen LogP contribution in [0.5, 0.6) is 11.5 Å². The Bertz CT molecular complexity index is 434. The fraction of sp³-hybridized carbons (Fsp3) is 0.600. The van der Waals surface area contributed by atoms with Crippen LogP contribution in [0.25, 0.3) is 0 Å². The summed E-state index contributed by atoms with van der Waals surface area (Å²) in [5.74, 6) is 1.90. The summed E-state index contributed by atoms with van der Waals surface area (Å²) in [6, 6.07) is 4.20. The van der Waals surface area contributed by atoms with Gasteiger partial charge in [0.2, 0.25) is 0 Å². The molecule has 2 rings (SSSR count). The Labute approximate surface area is 125 Å². The molecule has 1 heterocycles. The van der Waals surface area contributed by atoms with E-state index in [1.165, 1.54) is 5.56 Å². The lowest BCUT2D eigenvalue weighted by atomic mass is 10.1. The third-order valence-electron chi connectivity index (χ3n) is 3.69. The molecular formula is C15H24N2O2S. The van der Waals surface area contributed by atoms with Crippen molar-refractivity contribution in [2.75, 3.05) is 53.2 Å². The zero-order chi connectivity index (χ0) is 14.4. The predicted molar refractivity (Wildman–Crippen MR) is 84.3 cm³/mol. The molecule has 5 heteroatoms. The van der Waals surface area contributed by atoms with Gasteiger partial charge in [-0.3, -0.25) is 0 Å². The average Bonchev–Trinajstić information content (AvgIpc) is 2.52. The quantitative estimate of drug-likeness (QED) is 0.811. The Kier molecular flexibility index (Phi) is 6.01. The highest BCUT2D eigenvalue weighted by atomic mass is 32.2. The van der Waals surface area contributed by atoms with Crippen molar-refractivity contribution in [3.8, 4) is 11.5 Å². The van der Waals surface area contributed by atoms with Crippen LogP contribution in [0.1, 0.15) is 5.56 Å². The number of piperazine rings is 1. The molecular weight excluding hydrogens is 272 g/mol. The van der Waals surface area contributed by atoms with Gasteiger partial charge in [-0.05, 0) is 30.4 Å². The maximum Gasteiger partial charge on any atom is 0.132 e. The van der Waals surface area contributed by atoms with Gasteiger partial charge in [-0.2, -0.15) is 0 Å². The standard InChI is InChI=1S/C15H24N2O2S/c1-18-13-11-15(20-3)14(19-2)10-12(13)4-7-17-8-5-16-6-9-17/h10-11,16H,4-9H2,1-3H3. The summed E-state index contributed by atoms with van der Waals surface area (Å²) in [5.41, 5.74) is 1.22. The van der Waals surface area contributed by atoms with E-state index < -0.39 is 0 Å². The fourth-order valence-corrected chi connectivity index (χ4v) is 3.07. The molecule has 1 fully saturated rings. The van der Waals surface area contributed by atoms with Crippen molar-refractivity contribution in [3.05, 3.63) is 17.7 Å². The van der Waals surface area contributed by atoms with Crippen molar-refractivity contribution in [1.29, 1.82) is 0 Å². The maximum atomic E-state index is 5.53. The van der Waals surface area contributed by atoms with Crippen LogP contribution >= 0.6 is 11.8 Å². The Hall–Kier alpha value is -0.910. The minimum absolute atomic E-state index is 0.939. The van der Waals surface area contributed by atoms with Crippen LogP contribution in [-0.2, 0) is 6.42 Å². The van der Waals surface area contributed by atoms with Gasteiger partial charge in [0.15, 0.2) is 0 Å². The first-order valence-electron chi connectivity index (χ1n) is 7.00. The molecule has 1 aromatic rings. The van der Waals surface area contributed by atoms with E-state index in [0.717, 1.165) is 55.5 Å². The van der Waals surface area contributed by atoms with Crippen molar-refractivity contribution in [3.63, 3.8) is 0 Å². The zero-order valence-electron chi connectivity index (χ0n) is 12.6. The van der Waals surface area contributed by atoms with Gasteiger partial charge in [-0.25, -0.2) is 0 Å². The van der Waals surface area contributed by atoms with Gasteiger partial charge < -0.3 is 19.7 Å². The van der Waals surface area contributed by atoms with E-state index in [0.29, 0.717) is 0 Å². The number of nitrogens with one attached hydrogen (secondary N) is 1. The maximum absolute atomic E-state index is 5.53. The lowest BCUT2D eigenvalue weighted by molar-refractivity contribution is 0.243. The zero-order valence-corrected chi connectivity index (χ0v) is 13.4. The molecule has 0 radical (unpaired) electrons. The highest BCUT2D eigenvalue weighted by molar-refractivity contribution is 7.98. The molecule has 0 aliphatic carbocycles. The molecule has 0 unspecified atom stereocenters. The van der Waals surface area contributed by atoms with Crippen molar-refractivity contribution in [2.24, 2.45) is 0 Å². The molecule has 112 valence electrons. The van der Waals surface area contributed by atoms with Gasteiger partial charge in [-0.1, -0.05) is 0 Å². The van der Waals surface area contributed by atoms with Gasteiger partial charge in [0.1, 0.15) is 11.5 Å². The molecule has 0 spiro atoms. The first kappa shape index (κ1) is 15.5. The van der Waals surface area contributed by atoms with Gasteiger partial charge in [-0.15, -0.1) is 11.8 Å². The number of hydrogen-bond acceptors (Lipinski definition) is 5. The van der Waals surface area contributed by atoms with Crippen LogP contribution in [0.15, 0.2) is 17.0 Å². The molecule has 0 atom stereocenters. The number of ether oxygens (including phenoxy) is 2. The van der Waals surface area contributed by atoms with E-state index in [1.54, 1.807) is 26.0 Å². The molecule has 0 bridgehead atoms. The highest BCUT2D eigenvalue weighted by Crippen LogP contribution is 2.34. The smallest absolute Gasteiger partial charge is 0.132 e. The van der Waals surface area contributed by atoms with E-state index in [2.05, 4.69) is 28.6 Å². The van der Waals surface area contributed by atoms with Gasteiger partial charge in [0.25, 0.3) is 0 Å². The van der Waals surface area contributed by atoms with Gasteiger partial charge in [0.05, 0.1) is 19.1 Å². The first-order chi connectivity index (χ1) is 9.78. The van der Waals surface area contributed by atoms with E-state index in [4.69, 9.17) is 9.47 Å². The summed E-state index contributed by atoms with van der Waals surface area (Å²) in [4.78, 5) is 3.61. The summed E-state index contributed by atoms with van der Waals surface area (Å²) in [6.45, 7) is 5.50. The number of methoxy groups -OCH3 is 2. The Morgan fingerprint density at radius 2 is 1.85 bits per heavy atom. The van der Waals surface area contributed by atoms with Crippen molar-refractivity contribution < 1.29 is 9.47 Å². The molecule has 4 nitrogen and oxygen atoms in total. The van der Waals surface area contributed by atoms with Crippen LogP contribution < -0.4 is 14.8 Å². The lowest BCUT2D eigenvalue weighted by Crippen LogP contribution is -2.44. The number of thioether (sulfide) groups is 1. The first-order valence-corrected chi connectivity index (χ1v) is 8.23. The Morgan fingerprint density at radius 3 is 2.45 bits per heavy atom. The van der Waals surface area contributed by atoms with E-state index in [9.17, 15) is 0 Å². The minimum Gasteiger partial charge on any atom is -0.496 e. The number of benzene rings is 1. The van der Waals surface area contributed by atoms with Crippen LogP contribution in [0, 0.1) is 0 Å². The fourth-order valence-electron chi connectivity index (χ4n) is 2.50. The SMILES string of the molecule is COc1cc(SC)c(OC)cc1CCN1CCNCC1. The molecule has 20 heavy (non-hydrogen) atoms. The largest absolute Gasteiger partial charge is 0.496 e. The summed E-state index contributed by atoms with van der Waals surface area (Å²) in [6.07, 6.45) is 3.05. The minimum atomic E-state index is 0.939. The van der Waals surface area contributed by atoms with E-state index >= 15 is 0 Å². The number of hydrogen-bond donors (Lipinski definition) is 1. The molecule has 1 N–H and O–H groups in total. The number of rotatable bonds is 6. The van der Waals surface area contributed by atoms with Gasteiger partial charge in [0, 0.05) is 32.7 Å². The highest BCUT2D eigenvalue weighted by Gasteiger charge is 2.13. The van der Waals surface area contributed by atoms with Crippen molar-refractivity contribution in [2.45, 2.75) is 11.3 Å². The predicted octanol–water partition coefficient (Wildman–Crippen LogP) is 1.87. The molecule has 1 saturated heterocycles. The normalized spacial score (nSPS) is 16.1. The second kappa shape index (κ2) is 7.76. The Balaban J connectivity index is 2.08. The average molecular weight is 296 g/mol. The second-order valence-corrected chi connectivity index (χ2v) is 5.71. The van der Waals surface area contributed by atoms with Crippen LogP contribution in [0.2, 0.25) is 0 Å². The van der Waals surface area contributed by atoms with Crippen LogP contribution in [-0.4, -0.2) is 58.1 Å². The van der Waals surface area contributed by atoms with E-state index in [-0.39, 0.29) is 0 Å². The molecule has 0 amide bonds. The molecule has 1 aliphatic heterocycles. The molecule has 0 aromatic heterocycles. The van der Waals surface area contributed by atoms with Crippen molar-refractivity contribution in [1.82, 2.24) is 10.2 Å². The summed E-state index contributed by atoms with van der Waals surface area (Å²) in [5, 5.41) is 3.38. The second-order valence-electron chi connectivity index (χ2n) is 4.86. The lowest BCUT2D eigenvalue weighted by Gasteiger charge is -2.27. The van der Waals surface area contributed by atoms with E-state index in [1.807, 2.05) is 0 Å². The molecule has 1 aromatic carbocycles. The van der Waals surface area contributed by atoms with Gasteiger partial charge >= 0.3 is 0 Å². The molecule has 0 saturated carbocycles. The summed E-state index contributed by atoms with van der Waals surface area (Å²) in [7, 11) is 3.46. The topological polar surface area (TPSA) is 33.7 Å². The number of nitrogens with zero attached hydrogens (tertiary/aromatic N) is 1. The third-order valence-corrected chi connectivity index (χ3v) is 4.45. The molecule has 1 aliphatic rings. The third kappa shape index (κ3) is 3.81. The summed E-state index contributed by atoms with van der Waals surface area (Å²) >= 11 is 1.68.